The average Bonchev–Trinajstić information content (AvgIpc) is 2.98. The van der Waals surface area contributed by atoms with Crippen LogP contribution in [0.1, 0.15) is 0 Å². The van der Waals surface area contributed by atoms with E-state index in [9.17, 15) is 0 Å². The molecule has 0 spiro atoms. The summed E-state index contributed by atoms with van der Waals surface area (Å²) in [6.07, 6.45) is 0. The minimum absolute atomic E-state index is 0.866. The fraction of sp³-hybridized carbons (Fsp3) is 0.0714. The summed E-state index contributed by atoms with van der Waals surface area (Å²) in [5, 5.41) is 5.68. The summed E-state index contributed by atoms with van der Waals surface area (Å²) < 4.78 is 7.15. The summed E-state index contributed by atoms with van der Waals surface area (Å²) in [5.41, 5.74) is 2.23. The van der Waals surface area contributed by atoms with Crippen LogP contribution in [0.5, 0.6) is 5.75 Å². The largest absolute Gasteiger partial charge is 0.497 e. The molecule has 1 aromatic heterocycles. The zero-order valence-electron chi connectivity index (χ0n) is 10.4. The molecule has 1 heterocycles. The molecule has 5 heteroatoms. The minimum atomic E-state index is 0.866. The second-order valence-corrected chi connectivity index (χ2v) is 6.08. The van der Waals surface area contributed by atoms with Crippen LogP contribution in [0.4, 0.5) is 0 Å². The Morgan fingerprint density at radius 2 is 1.79 bits per heavy atom. The van der Waals surface area contributed by atoms with Gasteiger partial charge in [0.1, 0.15) is 5.75 Å². The predicted octanol–water partition coefficient (Wildman–Crippen LogP) is 3.68. The van der Waals surface area contributed by atoms with E-state index in [1.165, 1.54) is 0 Å². The number of rotatable bonds is 3. The molecule has 0 bridgehead atoms. The minimum Gasteiger partial charge on any atom is -0.497 e. The SMILES string of the molecule is COc1ccc(-c2n[n+](-c3ccccc3)ps2)cc1. The molecule has 94 valence electrons. The van der Waals surface area contributed by atoms with Crippen LogP contribution in [0.15, 0.2) is 54.6 Å². The molecule has 0 aliphatic rings. The molecule has 0 saturated heterocycles. The highest BCUT2D eigenvalue weighted by Crippen LogP contribution is 2.27. The van der Waals surface area contributed by atoms with Gasteiger partial charge in [-0.05, 0) is 39.7 Å². The highest BCUT2D eigenvalue weighted by atomic mass is 32.5. The van der Waals surface area contributed by atoms with Crippen molar-refractivity contribution in [2.45, 2.75) is 0 Å². The number of hydrogen-bond acceptors (Lipinski definition) is 3. The lowest BCUT2D eigenvalue weighted by atomic mass is 10.2. The molecule has 3 nitrogen and oxygen atoms in total. The maximum Gasteiger partial charge on any atom is 0.352 e. The van der Waals surface area contributed by atoms with Crippen LogP contribution in [0.3, 0.4) is 0 Å². The van der Waals surface area contributed by atoms with Gasteiger partial charge in [0.15, 0.2) is 0 Å². The first-order chi connectivity index (χ1) is 9.36. The number of hydrogen-bond donors (Lipinski definition) is 0. The van der Waals surface area contributed by atoms with Crippen molar-refractivity contribution in [3.8, 4) is 22.0 Å². The molecule has 3 rings (SSSR count). The number of ether oxygens (including phenoxy) is 1. The second-order valence-electron chi connectivity index (χ2n) is 3.93. The van der Waals surface area contributed by atoms with E-state index in [1.54, 1.807) is 18.1 Å². The zero-order valence-corrected chi connectivity index (χ0v) is 12.1. The number of benzene rings is 2. The fourth-order valence-electron chi connectivity index (χ4n) is 1.71. The van der Waals surface area contributed by atoms with Gasteiger partial charge in [-0.1, -0.05) is 18.2 Å². The third-order valence-corrected chi connectivity index (χ3v) is 4.99. The molecule has 0 amide bonds. The Hall–Kier alpha value is -1.77. The van der Waals surface area contributed by atoms with Crippen LogP contribution in [0, 0.1) is 0 Å². The summed E-state index contributed by atoms with van der Waals surface area (Å²) in [6.45, 7) is 0. The smallest absolute Gasteiger partial charge is 0.352 e. The van der Waals surface area contributed by atoms with E-state index in [0.717, 1.165) is 29.5 Å². The fourth-order valence-corrected chi connectivity index (χ4v) is 3.92. The van der Waals surface area contributed by atoms with Crippen molar-refractivity contribution in [1.82, 2.24) is 5.10 Å². The van der Waals surface area contributed by atoms with Crippen molar-refractivity contribution in [2.24, 2.45) is 0 Å². The molecule has 0 atom stereocenters. The van der Waals surface area contributed by atoms with Crippen molar-refractivity contribution in [3.63, 3.8) is 0 Å². The first kappa shape index (κ1) is 12.3. The third kappa shape index (κ3) is 2.65. The van der Waals surface area contributed by atoms with Crippen molar-refractivity contribution in [2.75, 3.05) is 7.11 Å². The molecule has 0 fully saturated rings. The van der Waals surface area contributed by atoms with E-state index >= 15 is 0 Å². The number of methoxy groups -OCH3 is 1. The van der Waals surface area contributed by atoms with Gasteiger partial charge in [0, 0.05) is 22.8 Å². The predicted molar refractivity (Wildman–Crippen MR) is 78.1 cm³/mol. The quantitative estimate of drug-likeness (QED) is 0.734. The monoisotopic (exact) mass is 287 g/mol. The molecule has 0 aliphatic heterocycles. The molecule has 0 radical (unpaired) electrons. The first-order valence-corrected chi connectivity index (χ1v) is 8.10. The molecule has 0 aliphatic carbocycles. The van der Waals surface area contributed by atoms with Gasteiger partial charge in [0.05, 0.1) is 7.11 Å². The standard InChI is InChI=1S/C14H12N2OPS/c1-17-13-9-7-11(8-10-13)14-15-16(18-19-14)12-5-3-2-4-6-12/h2-10H,1H3/q+1. The van der Waals surface area contributed by atoms with Crippen LogP contribution in [-0.4, -0.2) is 12.2 Å². The number of para-hydroxylation sites is 1. The van der Waals surface area contributed by atoms with Crippen molar-refractivity contribution >= 4 is 18.5 Å². The van der Waals surface area contributed by atoms with Gasteiger partial charge >= 0.3 is 7.53 Å². The Labute approximate surface area is 117 Å². The van der Waals surface area contributed by atoms with Gasteiger partial charge in [-0.2, -0.15) is 0 Å². The Balaban J connectivity index is 1.92. The lowest BCUT2D eigenvalue weighted by molar-refractivity contribution is -0.584. The van der Waals surface area contributed by atoms with E-state index in [-0.39, 0.29) is 0 Å². The molecule has 0 N–H and O–H groups in total. The Morgan fingerprint density at radius 1 is 1.05 bits per heavy atom. The molecular weight excluding hydrogens is 275 g/mol. The normalized spacial score (nSPS) is 10.8. The van der Waals surface area contributed by atoms with Crippen molar-refractivity contribution in [3.05, 3.63) is 54.6 Å². The third-order valence-electron chi connectivity index (χ3n) is 2.71. The summed E-state index contributed by atoms with van der Waals surface area (Å²) in [4.78, 5) is 0. The van der Waals surface area contributed by atoms with E-state index < -0.39 is 0 Å². The Morgan fingerprint density at radius 3 is 2.47 bits per heavy atom. The van der Waals surface area contributed by atoms with Crippen LogP contribution >= 0.6 is 18.5 Å². The Bertz CT molecular complexity index is 667. The maximum atomic E-state index is 5.16. The lowest BCUT2D eigenvalue weighted by Crippen LogP contribution is -2.27. The molecule has 3 aromatic rings. The topological polar surface area (TPSA) is 26.0 Å². The molecule has 19 heavy (non-hydrogen) atoms. The van der Waals surface area contributed by atoms with Gasteiger partial charge in [0.25, 0.3) is 0 Å². The van der Waals surface area contributed by atoms with E-state index in [4.69, 9.17) is 4.74 Å². The van der Waals surface area contributed by atoms with E-state index in [0.29, 0.717) is 0 Å². The van der Waals surface area contributed by atoms with Crippen molar-refractivity contribution in [1.29, 1.82) is 0 Å². The maximum absolute atomic E-state index is 5.16. The van der Waals surface area contributed by atoms with Gasteiger partial charge in [0.2, 0.25) is 10.7 Å². The second kappa shape index (κ2) is 5.47. The highest BCUT2D eigenvalue weighted by molar-refractivity contribution is 7.77. The zero-order chi connectivity index (χ0) is 13.1. The summed E-state index contributed by atoms with van der Waals surface area (Å²) >= 11 is 0. The van der Waals surface area contributed by atoms with Gasteiger partial charge < -0.3 is 4.74 Å². The molecule has 2 aromatic carbocycles. The number of nitrogens with zero attached hydrogens (tertiary/aromatic N) is 2. The van der Waals surface area contributed by atoms with Gasteiger partial charge in [-0.15, -0.1) is 0 Å². The van der Waals surface area contributed by atoms with E-state index in [1.807, 2.05) is 46.9 Å². The molecular formula is C14H12N2OPS+. The van der Waals surface area contributed by atoms with Crippen LogP contribution in [0.25, 0.3) is 16.3 Å². The highest BCUT2D eigenvalue weighted by Gasteiger charge is 2.15. The van der Waals surface area contributed by atoms with Gasteiger partial charge in [-0.25, -0.2) is 0 Å². The van der Waals surface area contributed by atoms with Crippen LogP contribution < -0.4 is 9.18 Å². The molecule has 0 unspecified atom stereocenters. The number of aromatic nitrogens is 2. The van der Waals surface area contributed by atoms with Crippen LogP contribution in [-0.2, 0) is 0 Å². The Kier molecular flexibility index (Phi) is 3.53. The summed E-state index contributed by atoms with van der Waals surface area (Å²) in [7, 11) is 4.50. The summed E-state index contributed by atoms with van der Waals surface area (Å²) in [6, 6.07) is 18.2. The average molecular weight is 287 g/mol. The van der Waals surface area contributed by atoms with Gasteiger partial charge in [-0.3, -0.25) is 0 Å². The van der Waals surface area contributed by atoms with E-state index in [2.05, 4.69) is 17.2 Å². The van der Waals surface area contributed by atoms with Crippen LogP contribution in [0.2, 0.25) is 0 Å². The lowest BCUT2D eigenvalue weighted by Gasteiger charge is -1.98. The summed E-state index contributed by atoms with van der Waals surface area (Å²) in [5.74, 6) is 0.866. The van der Waals surface area contributed by atoms with Crippen molar-refractivity contribution < 1.29 is 9.18 Å². The molecule has 0 saturated carbocycles. The first-order valence-electron chi connectivity index (χ1n) is 5.83.